The highest BCUT2D eigenvalue weighted by molar-refractivity contribution is 7.18. The molecule has 2 aliphatic heterocycles. The van der Waals surface area contributed by atoms with Crippen molar-refractivity contribution in [1.29, 1.82) is 0 Å². The molecule has 2 saturated heterocycles. The van der Waals surface area contributed by atoms with Crippen molar-refractivity contribution in [2.75, 3.05) is 26.2 Å². The van der Waals surface area contributed by atoms with Crippen molar-refractivity contribution in [2.45, 2.75) is 44.6 Å². The first-order chi connectivity index (χ1) is 11.7. The van der Waals surface area contributed by atoms with Gasteiger partial charge in [-0.25, -0.2) is 4.98 Å². The van der Waals surface area contributed by atoms with Crippen molar-refractivity contribution >= 4 is 27.5 Å². The fraction of sp³-hybridized carbons (Fsp3) is 0.579. The van der Waals surface area contributed by atoms with Gasteiger partial charge in [0.05, 0.1) is 21.3 Å². The van der Waals surface area contributed by atoms with Gasteiger partial charge in [-0.2, -0.15) is 0 Å². The van der Waals surface area contributed by atoms with Gasteiger partial charge in [0.2, 0.25) is 5.91 Å². The molecule has 0 aliphatic carbocycles. The molecule has 1 aromatic carbocycles. The molecular formula is C19H25N3OS. The lowest BCUT2D eigenvalue weighted by Gasteiger charge is -2.36. The van der Waals surface area contributed by atoms with Crippen molar-refractivity contribution in [3.8, 4) is 0 Å². The summed E-state index contributed by atoms with van der Waals surface area (Å²) in [7, 11) is 0. The van der Waals surface area contributed by atoms with Crippen LogP contribution in [0, 0.1) is 0 Å². The molecule has 0 unspecified atom stereocenters. The summed E-state index contributed by atoms with van der Waals surface area (Å²) in [6, 6.07) is 8.42. The van der Waals surface area contributed by atoms with Crippen LogP contribution in [-0.2, 0) is 4.79 Å². The Labute approximate surface area is 147 Å². The molecule has 4 rings (SSSR count). The minimum absolute atomic E-state index is 0.0272. The van der Waals surface area contributed by atoms with Gasteiger partial charge in [0, 0.05) is 19.0 Å². The van der Waals surface area contributed by atoms with E-state index in [-0.39, 0.29) is 6.04 Å². The van der Waals surface area contributed by atoms with E-state index in [1.807, 2.05) is 16.2 Å². The van der Waals surface area contributed by atoms with E-state index in [0.29, 0.717) is 11.8 Å². The minimum atomic E-state index is 0.0272. The second-order valence-electron chi connectivity index (χ2n) is 7.04. The molecule has 0 N–H and O–H groups in total. The fourth-order valence-electron chi connectivity index (χ4n) is 3.96. The Hall–Kier alpha value is -1.46. The van der Waals surface area contributed by atoms with Crippen molar-refractivity contribution in [1.82, 2.24) is 14.8 Å². The van der Waals surface area contributed by atoms with Crippen LogP contribution in [0.5, 0.6) is 0 Å². The quantitative estimate of drug-likeness (QED) is 0.856. The predicted octanol–water partition coefficient (Wildman–Crippen LogP) is 3.49. The zero-order valence-corrected chi connectivity index (χ0v) is 15.1. The summed E-state index contributed by atoms with van der Waals surface area (Å²) in [6.07, 6.45) is 4.55. The monoisotopic (exact) mass is 343 g/mol. The lowest BCUT2D eigenvalue weighted by Crippen LogP contribution is -2.48. The number of nitrogens with zero attached hydrogens (tertiary/aromatic N) is 3. The van der Waals surface area contributed by atoms with Gasteiger partial charge in [0.25, 0.3) is 0 Å². The largest absolute Gasteiger partial charge is 0.341 e. The third kappa shape index (κ3) is 3.07. The summed E-state index contributed by atoms with van der Waals surface area (Å²) in [4.78, 5) is 21.8. The third-order valence-corrected chi connectivity index (χ3v) is 6.71. The number of hydrogen-bond acceptors (Lipinski definition) is 4. The Bertz CT molecular complexity index is 681. The van der Waals surface area contributed by atoms with E-state index in [2.05, 4.69) is 36.1 Å². The maximum absolute atomic E-state index is 12.6. The van der Waals surface area contributed by atoms with Gasteiger partial charge < -0.3 is 4.90 Å². The number of piperidine rings is 1. The topological polar surface area (TPSA) is 36.4 Å². The molecule has 2 aliphatic rings. The van der Waals surface area contributed by atoms with Crippen LogP contribution in [0.15, 0.2) is 24.3 Å². The van der Waals surface area contributed by atoms with Gasteiger partial charge in [0.15, 0.2) is 0 Å². The number of hydrogen-bond donors (Lipinski definition) is 0. The van der Waals surface area contributed by atoms with Gasteiger partial charge in [-0.3, -0.25) is 9.69 Å². The zero-order valence-electron chi connectivity index (χ0n) is 14.3. The van der Waals surface area contributed by atoms with E-state index in [9.17, 15) is 4.79 Å². The molecule has 0 saturated carbocycles. The molecule has 3 heterocycles. The summed E-state index contributed by atoms with van der Waals surface area (Å²) in [5.41, 5.74) is 1.12. The van der Waals surface area contributed by atoms with Gasteiger partial charge in [0.1, 0.15) is 0 Å². The van der Waals surface area contributed by atoms with Crippen molar-refractivity contribution in [3.63, 3.8) is 0 Å². The Morgan fingerprint density at radius 1 is 1.17 bits per heavy atom. The van der Waals surface area contributed by atoms with Crippen molar-refractivity contribution in [2.24, 2.45) is 0 Å². The van der Waals surface area contributed by atoms with Crippen LogP contribution in [0.3, 0.4) is 0 Å². The standard InChI is InChI=1S/C19H25N3OS/c1-14(19(23)22-10-4-5-11-22)21-12-8-15(9-13-21)18-20-16-6-2-3-7-17(16)24-18/h2-3,6-7,14-15H,4-5,8-13H2,1H3/t14-/m0/s1. The predicted molar refractivity (Wildman–Crippen MR) is 98.4 cm³/mol. The van der Waals surface area contributed by atoms with Gasteiger partial charge in [-0.05, 0) is 57.8 Å². The number of fused-ring (bicyclic) bond motifs is 1. The van der Waals surface area contributed by atoms with Gasteiger partial charge in [-0.1, -0.05) is 12.1 Å². The molecule has 1 aromatic heterocycles. The maximum atomic E-state index is 12.6. The van der Waals surface area contributed by atoms with E-state index in [0.717, 1.165) is 57.4 Å². The molecule has 24 heavy (non-hydrogen) atoms. The van der Waals surface area contributed by atoms with E-state index < -0.39 is 0 Å². The second kappa shape index (κ2) is 6.81. The Morgan fingerprint density at radius 3 is 2.58 bits per heavy atom. The van der Waals surface area contributed by atoms with Crippen LogP contribution < -0.4 is 0 Å². The summed E-state index contributed by atoms with van der Waals surface area (Å²) < 4.78 is 1.28. The zero-order chi connectivity index (χ0) is 16.5. The van der Waals surface area contributed by atoms with Crippen LogP contribution in [0.4, 0.5) is 0 Å². The van der Waals surface area contributed by atoms with Crippen LogP contribution in [0.2, 0.25) is 0 Å². The van der Waals surface area contributed by atoms with E-state index in [1.54, 1.807) is 0 Å². The SMILES string of the molecule is C[C@@H](C(=O)N1CCCC1)N1CCC(c2nc3ccccc3s2)CC1. The van der Waals surface area contributed by atoms with Gasteiger partial charge >= 0.3 is 0 Å². The van der Waals surface area contributed by atoms with E-state index >= 15 is 0 Å². The summed E-state index contributed by atoms with van der Waals surface area (Å²) >= 11 is 1.84. The maximum Gasteiger partial charge on any atom is 0.239 e. The smallest absolute Gasteiger partial charge is 0.239 e. The van der Waals surface area contributed by atoms with Crippen LogP contribution >= 0.6 is 11.3 Å². The highest BCUT2D eigenvalue weighted by Gasteiger charge is 2.31. The number of aromatic nitrogens is 1. The highest BCUT2D eigenvalue weighted by Crippen LogP contribution is 2.34. The fourth-order valence-corrected chi connectivity index (χ4v) is 5.09. The molecule has 4 nitrogen and oxygen atoms in total. The average molecular weight is 343 g/mol. The Balaban J connectivity index is 1.38. The number of amides is 1. The molecule has 1 amide bonds. The molecular weight excluding hydrogens is 318 g/mol. The summed E-state index contributed by atoms with van der Waals surface area (Å²) in [5, 5.41) is 1.27. The van der Waals surface area contributed by atoms with Crippen LogP contribution in [0.1, 0.15) is 43.5 Å². The van der Waals surface area contributed by atoms with Crippen molar-refractivity contribution < 1.29 is 4.79 Å². The lowest BCUT2D eigenvalue weighted by molar-refractivity contribution is -0.135. The van der Waals surface area contributed by atoms with E-state index in [4.69, 9.17) is 4.98 Å². The average Bonchev–Trinajstić information content (AvgIpc) is 3.30. The van der Waals surface area contributed by atoms with Crippen LogP contribution in [-0.4, -0.2) is 52.9 Å². The first kappa shape index (κ1) is 16.0. The lowest BCUT2D eigenvalue weighted by atomic mass is 9.96. The number of thiazole rings is 1. The molecule has 5 heteroatoms. The summed E-state index contributed by atoms with van der Waals surface area (Å²) in [6.45, 7) is 5.98. The number of para-hydroxylation sites is 1. The highest BCUT2D eigenvalue weighted by atomic mass is 32.1. The molecule has 0 spiro atoms. The first-order valence-electron chi connectivity index (χ1n) is 9.10. The Morgan fingerprint density at radius 2 is 1.88 bits per heavy atom. The number of likely N-dealkylation sites (tertiary alicyclic amines) is 2. The van der Waals surface area contributed by atoms with E-state index in [1.165, 1.54) is 9.71 Å². The second-order valence-corrected chi connectivity index (χ2v) is 8.10. The molecule has 2 aromatic rings. The van der Waals surface area contributed by atoms with Crippen LogP contribution in [0.25, 0.3) is 10.2 Å². The summed E-state index contributed by atoms with van der Waals surface area (Å²) in [5.74, 6) is 0.874. The molecule has 0 bridgehead atoms. The normalized spacial score (nSPS) is 21.5. The molecule has 128 valence electrons. The van der Waals surface area contributed by atoms with Crippen molar-refractivity contribution in [3.05, 3.63) is 29.3 Å². The number of carbonyl (C=O) groups is 1. The minimum Gasteiger partial charge on any atom is -0.341 e. The molecule has 0 radical (unpaired) electrons. The number of carbonyl (C=O) groups excluding carboxylic acids is 1. The third-order valence-electron chi connectivity index (χ3n) is 5.51. The first-order valence-corrected chi connectivity index (χ1v) is 9.92. The van der Waals surface area contributed by atoms with Gasteiger partial charge in [-0.15, -0.1) is 11.3 Å². The number of rotatable bonds is 3. The number of benzene rings is 1. The molecule has 1 atom stereocenters. The molecule has 2 fully saturated rings. The Kier molecular flexibility index (Phi) is 4.55.